The van der Waals surface area contributed by atoms with Gasteiger partial charge >= 0.3 is 0 Å². The predicted molar refractivity (Wildman–Crippen MR) is 117 cm³/mol. The fourth-order valence-corrected chi connectivity index (χ4v) is 4.61. The lowest BCUT2D eigenvalue weighted by molar-refractivity contribution is 0.102. The Kier molecular flexibility index (Phi) is 6.67. The maximum absolute atomic E-state index is 12.7. The molecular formula is C21H26N2O3S2. The van der Waals surface area contributed by atoms with Crippen LogP contribution in [0.1, 0.15) is 36.0 Å². The van der Waals surface area contributed by atoms with Gasteiger partial charge in [0.15, 0.2) is 0 Å². The first kappa shape index (κ1) is 20.7. The summed E-state index contributed by atoms with van der Waals surface area (Å²) in [6.07, 6.45) is 6.52. The smallest absolute Gasteiger partial charge is 0.257 e. The van der Waals surface area contributed by atoms with Crippen LogP contribution in [0.25, 0.3) is 0 Å². The molecule has 1 aliphatic carbocycles. The third-order valence-corrected chi connectivity index (χ3v) is 7.35. The van der Waals surface area contributed by atoms with E-state index >= 15 is 0 Å². The molecule has 1 N–H and O–H groups in total. The number of carbonyl (C=O) groups is 1. The summed E-state index contributed by atoms with van der Waals surface area (Å²) in [5.74, 6) is 1.70. The van der Waals surface area contributed by atoms with Crippen molar-refractivity contribution in [2.24, 2.45) is 5.92 Å². The van der Waals surface area contributed by atoms with Gasteiger partial charge in [-0.25, -0.2) is 8.42 Å². The second-order valence-corrected chi connectivity index (χ2v) is 10.3. The van der Waals surface area contributed by atoms with Gasteiger partial charge in [0.25, 0.3) is 5.91 Å². The van der Waals surface area contributed by atoms with Crippen LogP contribution in [0, 0.1) is 5.92 Å². The monoisotopic (exact) mass is 418 g/mol. The van der Waals surface area contributed by atoms with E-state index in [0.29, 0.717) is 16.9 Å². The number of para-hydroxylation sites is 1. The van der Waals surface area contributed by atoms with Crippen LogP contribution in [0.4, 0.5) is 11.4 Å². The number of benzene rings is 2. The summed E-state index contributed by atoms with van der Waals surface area (Å²) in [6.45, 7) is 0. The van der Waals surface area contributed by atoms with Crippen LogP contribution in [0.2, 0.25) is 0 Å². The number of nitrogens with zero attached hydrogens (tertiary/aromatic N) is 1. The Bertz CT molecular complexity index is 923. The van der Waals surface area contributed by atoms with Crippen molar-refractivity contribution >= 4 is 39.1 Å². The molecule has 0 saturated heterocycles. The van der Waals surface area contributed by atoms with Crippen LogP contribution >= 0.6 is 11.8 Å². The standard InChI is InChI=1S/C21H26N2O3S2/c1-23(28(2,25)26)20-9-4-3-8-19(20)21(24)22-17-10-12-18(13-11-17)27-15-14-16-6-5-7-16/h3-4,8-13,16H,5-7,14-15H2,1-2H3,(H,22,24). The number of hydrogen-bond donors (Lipinski definition) is 1. The van der Waals surface area contributed by atoms with E-state index < -0.39 is 10.0 Å². The van der Waals surface area contributed by atoms with Gasteiger partial charge in [0.05, 0.1) is 17.5 Å². The summed E-state index contributed by atoms with van der Waals surface area (Å²) in [7, 11) is -2.01. The maximum atomic E-state index is 12.7. The normalized spacial score (nSPS) is 14.4. The third kappa shape index (κ3) is 5.29. The molecule has 0 heterocycles. The molecule has 3 rings (SSSR count). The zero-order valence-corrected chi connectivity index (χ0v) is 17.9. The molecule has 1 aliphatic rings. The molecule has 5 nitrogen and oxygen atoms in total. The van der Waals surface area contributed by atoms with Crippen molar-refractivity contribution in [2.45, 2.75) is 30.6 Å². The highest BCUT2D eigenvalue weighted by molar-refractivity contribution is 7.99. The van der Waals surface area contributed by atoms with Gasteiger partial charge in [-0.05, 0) is 54.5 Å². The van der Waals surface area contributed by atoms with Crippen LogP contribution < -0.4 is 9.62 Å². The molecule has 0 atom stereocenters. The molecule has 0 bridgehead atoms. The number of thioether (sulfide) groups is 1. The second kappa shape index (κ2) is 9.01. The molecule has 2 aromatic rings. The van der Waals surface area contributed by atoms with E-state index in [1.165, 1.54) is 37.6 Å². The Morgan fingerprint density at radius 1 is 1.14 bits per heavy atom. The van der Waals surface area contributed by atoms with Crippen molar-refractivity contribution < 1.29 is 13.2 Å². The van der Waals surface area contributed by atoms with E-state index in [1.807, 2.05) is 36.0 Å². The summed E-state index contributed by atoms with van der Waals surface area (Å²) in [5, 5.41) is 2.86. The number of amides is 1. The van der Waals surface area contributed by atoms with Crippen molar-refractivity contribution in [3.8, 4) is 0 Å². The van der Waals surface area contributed by atoms with Gasteiger partial charge in [-0.3, -0.25) is 9.10 Å². The zero-order chi connectivity index (χ0) is 20.1. The zero-order valence-electron chi connectivity index (χ0n) is 16.2. The lowest BCUT2D eigenvalue weighted by Crippen LogP contribution is -2.27. The molecule has 1 fully saturated rings. The lowest BCUT2D eigenvalue weighted by Gasteiger charge is -2.24. The molecule has 7 heteroatoms. The van der Waals surface area contributed by atoms with E-state index in [4.69, 9.17) is 0 Å². The molecular weight excluding hydrogens is 392 g/mol. The molecule has 1 amide bonds. The number of carbonyl (C=O) groups excluding carboxylic acids is 1. The second-order valence-electron chi connectivity index (χ2n) is 7.16. The minimum absolute atomic E-state index is 0.314. The Balaban J connectivity index is 1.63. The molecule has 0 aromatic heterocycles. The highest BCUT2D eigenvalue weighted by Gasteiger charge is 2.19. The van der Waals surface area contributed by atoms with Crippen molar-refractivity contribution in [3.63, 3.8) is 0 Å². The maximum Gasteiger partial charge on any atom is 0.257 e. The van der Waals surface area contributed by atoms with E-state index in [1.54, 1.807) is 24.3 Å². The number of anilines is 2. The van der Waals surface area contributed by atoms with E-state index in [0.717, 1.165) is 22.2 Å². The minimum Gasteiger partial charge on any atom is -0.322 e. The summed E-state index contributed by atoms with van der Waals surface area (Å²) >= 11 is 1.85. The van der Waals surface area contributed by atoms with Crippen molar-refractivity contribution in [1.82, 2.24) is 0 Å². The van der Waals surface area contributed by atoms with Crippen molar-refractivity contribution in [1.29, 1.82) is 0 Å². The molecule has 28 heavy (non-hydrogen) atoms. The number of nitrogens with one attached hydrogen (secondary N) is 1. The molecule has 0 unspecified atom stereocenters. The lowest BCUT2D eigenvalue weighted by atomic mass is 9.84. The molecule has 150 valence electrons. The van der Waals surface area contributed by atoms with Crippen LogP contribution in [0.3, 0.4) is 0 Å². The fraction of sp³-hybridized carbons (Fsp3) is 0.381. The average Bonchev–Trinajstić information content (AvgIpc) is 2.63. The van der Waals surface area contributed by atoms with Crippen molar-refractivity contribution in [3.05, 3.63) is 54.1 Å². The van der Waals surface area contributed by atoms with Gasteiger partial charge in [0.2, 0.25) is 10.0 Å². The number of sulfonamides is 1. The largest absolute Gasteiger partial charge is 0.322 e. The number of rotatable bonds is 8. The summed E-state index contributed by atoms with van der Waals surface area (Å²) < 4.78 is 24.8. The van der Waals surface area contributed by atoms with Crippen LogP contribution in [0.5, 0.6) is 0 Å². The Morgan fingerprint density at radius 3 is 2.43 bits per heavy atom. The van der Waals surface area contributed by atoms with Crippen molar-refractivity contribution in [2.75, 3.05) is 28.7 Å². The van der Waals surface area contributed by atoms with Gasteiger partial charge in [-0.1, -0.05) is 31.4 Å². The summed E-state index contributed by atoms with van der Waals surface area (Å²) in [4.78, 5) is 13.9. The Labute approximate surface area is 171 Å². The summed E-state index contributed by atoms with van der Waals surface area (Å²) in [5.41, 5.74) is 1.35. The van der Waals surface area contributed by atoms with E-state index in [2.05, 4.69) is 5.32 Å². The van der Waals surface area contributed by atoms with Gasteiger partial charge in [-0.2, -0.15) is 0 Å². The Morgan fingerprint density at radius 2 is 1.82 bits per heavy atom. The minimum atomic E-state index is -3.45. The van der Waals surface area contributed by atoms with Crippen LogP contribution in [-0.2, 0) is 10.0 Å². The molecule has 0 aliphatic heterocycles. The fourth-order valence-electron chi connectivity index (χ4n) is 3.08. The highest BCUT2D eigenvalue weighted by atomic mass is 32.2. The molecule has 1 saturated carbocycles. The average molecular weight is 419 g/mol. The Hall–Kier alpha value is -1.99. The third-order valence-electron chi connectivity index (χ3n) is 5.12. The first-order valence-corrected chi connectivity index (χ1v) is 12.2. The predicted octanol–water partition coefficient (Wildman–Crippen LogP) is 4.62. The van der Waals surface area contributed by atoms with Gasteiger partial charge in [-0.15, -0.1) is 11.8 Å². The topological polar surface area (TPSA) is 66.5 Å². The molecule has 0 radical (unpaired) electrons. The van der Waals surface area contributed by atoms with Crippen LogP contribution in [-0.4, -0.2) is 33.4 Å². The number of hydrogen-bond acceptors (Lipinski definition) is 4. The quantitative estimate of drug-likeness (QED) is 0.636. The van der Waals surface area contributed by atoms with Gasteiger partial charge in [0.1, 0.15) is 0 Å². The van der Waals surface area contributed by atoms with E-state index in [-0.39, 0.29) is 5.91 Å². The SMILES string of the molecule is CN(c1ccccc1C(=O)Nc1ccc(SCCC2CCC2)cc1)S(C)(=O)=O. The van der Waals surface area contributed by atoms with Gasteiger partial charge in [0, 0.05) is 17.6 Å². The molecule has 0 spiro atoms. The summed E-state index contributed by atoms with van der Waals surface area (Å²) in [6, 6.07) is 14.5. The highest BCUT2D eigenvalue weighted by Crippen LogP contribution is 2.32. The van der Waals surface area contributed by atoms with Gasteiger partial charge < -0.3 is 5.32 Å². The first-order valence-electron chi connectivity index (χ1n) is 9.42. The van der Waals surface area contributed by atoms with Crippen LogP contribution in [0.15, 0.2) is 53.4 Å². The van der Waals surface area contributed by atoms with E-state index in [9.17, 15) is 13.2 Å². The molecule has 2 aromatic carbocycles. The first-order chi connectivity index (χ1) is 13.3.